The summed E-state index contributed by atoms with van der Waals surface area (Å²) < 4.78 is 56.7. The van der Waals surface area contributed by atoms with Crippen LogP contribution < -0.4 is 10.6 Å². The summed E-state index contributed by atoms with van der Waals surface area (Å²) in [4.78, 5) is 24.1. The number of benzene rings is 1. The molecule has 1 aromatic carbocycles. The molecule has 4 saturated heterocycles. The lowest BCUT2D eigenvalue weighted by molar-refractivity contribution is -0.577. The summed E-state index contributed by atoms with van der Waals surface area (Å²) in [5.74, 6) is 0.0372. The fraction of sp³-hybridized carbons (Fsp3) is 0.720. The average molecular weight is 515 g/mol. The van der Waals surface area contributed by atoms with Crippen LogP contribution >= 0.6 is 0 Å². The van der Waals surface area contributed by atoms with Crippen molar-refractivity contribution in [3.05, 3.63) is 29.8 Å². The Labute approximate surface area is 208 Å². The number of urea groups is 1. The van der Waals surface area contributed by atoms with Crippen LogP contribution in [-0.4, -0.2) is 43.2 Å². The van der Waals surface area contributed by atoms with Crippen LogP contribution in [0.3, 0.4) is 0 Å². The van der Waals surface area contributed by atoms with Crippen LogP contribution in [0.1, 0.15) is 52.0 Å². The van der Waals surface area contributed by atoms with Crippen molar-refractivity contribution < 1.29 is 42.0 Å². The lowest BCUT2D eigenvalue weighted by atomic mass is 9.58. The van der Waals surface area contributed by atoms with Crippen molar-refractivity contribution in [2.24, 2.45) is 23.7 Å². The van der Waals surface area contributed by atoms with Crippen LogP contribution in [-0.2, 0) is 30.2 Å². The van der Waals surface area contributed by atoms with Gasteiger partial charge in [0, 0.05) is 30.5 Å². The summed E-state index contributed by atoms with van der Waals surface area (Å²) in [6, 6.07) is 3.71. The largest absolute Gasteiger partial charge is 0.416 e. The maximum absolute atomic E-state index is 12.7. The SMILES string of the molecule is C[C@@H]1CC[C@H]2[C@@H](C)C(OCCNC(=O)Nc3ccc(C(F)(F)F)cc3)O[C@@H]3O[C@]4(C)CC[C@@H]1[C@]32OO4. The smallest absolute Gasteiger partial charge is 0.350 e. The molecule has 5 fully saturated rings. The normalized spacial score (nSPS) is 39.7. The topological polar surface area (TPSA) is 87.3 Å². The molecule has 1 spiro atoms. The number of carbonyl (C=O) groups is 1. The number of halogens is 3. The van der Waals surface area contributed by atoms with E-state index in [2.05, 4.69) is 24.5 Å². The third-order valence-corrected chi connectivity index (χ3v) is 8.24. The number of fused-ring (bicyclic) bond motifs is 2. The Bertz CT molecular complexity index is 962. The molecule has 1 unspecified atom stereocenters. The third kappa shape index (κ3) is 4.60. The van der Waals surface area contributed by atoms with E-state index in [0.717, 1.165) is 37.8 Å². The fourth-order valence-electron chi connectivity index (χ4n) is 6.32. The molecule has 200 valence electrons. The van der Waals surface area contributed by atoms with Crippen LogP contribution in [0.4, 0.5) is 23.7 Å². The molecule has 0 aromatic heterocycles. The van der Waals surface area contributed by atoms with E-state index >= 15 is 0 Å². The van der Waals surface area contributed by atoms with Crippen LogP contribution in [0.15, 0.2) is 24.3 Å². The molecule has 11 heteroatoms. The van der Waals surface area contributed by atoms with Gasteiger partial charge >= 0.3 is 12.2 Å². The molecule has 1 aromatic rings. The molecular formula is C25H33F3N2O6. The molecule has 0 radical (unpaired) electrons. The second-order valence-electron chi connectivity index (χ2n) is 10.6. The van der Waals surface area contributed by atoms with E-state index in [1.165, 1.54) is 12.1 Å². The Balaban J connectivity index is 1.15. The minimum absolute atomic E-state index is 0.0203. The van der Waals surface area contributed by atoms with E-state index in [0.29, 0.717) is 5.92 Å². The first kappa shape index (κ1) is 25.7. The van der Waals surface area contributed by atoms with E-state index < -0.39 is 41.7 Å². The summed E-state index contributed by atoms with van der Waals surface area (Å²) in [7, 11) is 0. The van der Waals surface area contributed by atoms with Gasteiger partial charge in [0.15, 0.2) is 18.2 Å². The van der Waals surface area contributed by atoms with Crippen molar-refractivity contribution in [3.63, 3.8) is 0 Å². The molecule has 6 rings (SSSR count). The van der Waals surface area contributed by atoms with Gasteiger partial charge in [0.2, 0.25) is 5.79 Å². The van der Waals surface area contributed by atoms with Gasteiger partial charge in [0.1, 0.15) is 0 Å². The summed E-state index contributed by atoms with van der Waals surface area (Å²) in [5, 5.41) is 5.16. The first-order chi connectivity index (χ1) is 17.0. The van der Waals surface area contributed by atoms with Crippen LogP contribution in [0.5, 0.6) is 0 Å². The monoisotopic (exact) mass is 514 g/mol. The van der Waals surface area contributed by atoms with Crippen molar-refractivity contribution in [1.29, 1.82) is 0 Å². The Morgan fingerprint density at radius 1 is 1.11 bits per heavy atom. The first-order valence-electron chi connectivity index (χ1n) is 12.6. The lowest BCUT2D eigenvalue weighted by Crippen LogP contribution is -2.70. The number of ether oxygens (including phenoxy) is 3. The Morgan fingerprint density at radius 3 is 2.58 bits per heavy atom. The van der Waals surface area contributed by atoms with Crippen LogP contribution in [0.2, 0.25) is 0 Å². The molecule has 1 aliphatic carbocycles. The zero-order valence-electron chi connectivity index (χ0n) is 20.6. The molecule has 36 heavy (non-hydrogen) atoms. The number of anilines is 1. The minimum Gasteiger partial charge on any atom is -0.350 e. The highest BCUT2D eigenvalue weighted by Crippen LogP contribution is 2.60. The van der Waals surface area contributed by atoms with Gasteiger partial charge in [0.25, 0.3) is 0 Å². The zero-order chi connectivity index (χ0) is 25.7. The second-order valence-corrected chi connectivity index (χ2v) is 10.6. The van der Waals surface area contributed by atoms with Gasteiger partial charge in [-0.2, -0.15) is 13.2 Å². The fourth-order valence-corrected chi connectivity index (χ4v) is 6.32. The summed E-state index contributed by atoms with van der Waals surface area (Å²) >= 11 is 0. The van der Waals surface area contributed by atoms with E-state index in [1.807, 2.05) is 6.92 Å². The third-order valence-electron chi connectivity index (χ3n) is 8.24. The maximum atomic E-state index is 12.7. The number of alkyl halides is 3. The molecule has 2 bridgehead atoms. The van der Waals surface area contributed by atoms with E-state index in [-0.39, 0.29) is 36.6 Å². The molecular weight excluding hydrogens is 481 g/mol. The molecule has 4 heterocycles. The van der Waals surface area contributed by atoms with Crippen LogP contribution in [0.25, 0.3) is 0 Å². The molecule has 2 amide bonds. The number of hydrogen-bond acceptors (Lipinski definition) is 6. The molecule has 2 N–H and O–H groups in total. The van der Waals surface area contributed by atoms with Gasteiger partial charge in [-0.1, -0.05) is 13.8 Å². The number of amides is 2. The highest BCUT2D eigenvalue weighted by Gasteiger charge is 2.69. The Kier molecular flexibility index (Phi) is 6.74. The molecule has 5 aliphatic rings. The molecule has 4 aliphatic heterocycles. The Hall–Kier alpha value is -1.92. The van der Waals surface area contributed by atoms with Gasteiger partial charge < -0.3 is 24.8 Å². The zero-order valence-corrected chi connectivity index (χ0v) is 20.6. The summed E-state index contributed by atoms with van der Waals surface area (Å²) in [6.45, 7) is 6.59. The number of hydrogen-bond donors (Lipinski definition) is 2. The summed E-state index contributed by atoms with van der Waals surface area (Å²) in [5.41, 5.74) is -1.18. The van der Waals surface area contributed by atoms with Gasteiger partial charge in [-0.3, -0.25) is 0 Å². The predicted molar refractivity (Wildman–Crippen MR) is 121 cm³/mol. The second kappa shape index (κ2) is 9.43. The van der Waals surface area contributed by atoms with Gasteiger partial charge in [-0.25, -0.2) is 14.6 Å². The lowest BCUT2D eigenvalue weighted by Gasteiger charge is -2.60. The molecule has 8 atom stereocenters. The van der Waals surface area contributed by atoms with E-state index in [4.69, 9.17) is 24.0 Å². The standard InChI is InChI=1S/C25H33F3N2O6/c1-14-4-9-19-15(2)20(33-21-24(19)18(14)10-11-23(3,34-21)35-36-24)32-13-12-29-22(31)30-17-7-5-16(6-8-17)25(26,27)28/h5-8,14-15,18-21H,4,9-13H2,1-3H3,(H2,29,30,31)/t14-,15-,18+,19+,20?,21-,23+,24-/m1/s1. The predicted octanol–water partition coefficient (Wildman–Crippen LogP) is 5.05. The van der Waals surface area contributed by atoms with Crippen molar-refractivity contribution in [2.75, 3.05) is 18.5 Å². The highest BCUT2D eigenvalue weighted by atomic mass is 19.4. The number of carbonyl (C=O) groups excluding carboxylic acids is 1. The first-order valence-corrected chi connectivity index (χ1v) is 12.6. The van der Waals surface area contributed by atoms with Crippen molar-refractivity contribution >= 4 is 11.7 Å². The van der Waals surface area contributed by atoms with Gasteiger partial charge in [-0.15, -0.1) is 0 Å². The van der Waals surface area contributed by atoms with Crippen molar-refractivity contribution in [3.8, 4) is 0 Å². The minimum atomic E-state index is -4.43. The quantitative estimate of drug-likeness (QED) is 0.422. The van der Waals surface area contributed by atoms with Crippen molar-refractivity contribution in [2.45, 2.75) is 76.6 Å². The molecule has 8 nitrogen and oxygen atoms in total. The van der Waals surface area contributed by atoms with E-state index in [9.17, 15) is 18.0 Å². The molecule has 1 saturated carbocycles. The number of rotatable bonds is 5. The highest BCUT2D eigenvalue weighted by molar-refractivity contribution is 5.89. The van der Waals surface area contributed by atoms with Crippen molar-refractivity contribution in [1.82, 2.24) is 5.32 Å². The maximum Gasteiger partial charge on any atom is 0.416 e. The Morgan fingerprint density at radius 2 is 1.86 bits per heavy atom. The van der Waals surface area contributed by atoms with E-state index in [1.54, 1.807) is 0 Å². The van der Waals surface area contributed by atoms with Gasteiger partial charge in [0.05, 0.1) is 12.2 Å². The average Bonchev–Trinajstić information content (AvgIpc) is 3.05. The number of nitrogens with one attached hydrogen (secondary N) is 2. The summed E-state index contributed by atoms with van der Waals surface area (Å²) in [6.07, 6.45) is -1.84. The van der Waals surface area contributed by atoms with Gasteiger partial charge in [-0.05, 0) is 62.3 Å². The van der Waals surface area contributed by atoms with Crippen LogP contribution in [0, 0.1) is 23.7 Å².